The summed E-state index contributed by atoms with van der Waals surface area (Å²) in [6, 6.07) is 33.4. The highest BCUT2D eigenvalue weighted by atomic mass is 32.3. The zero-order valence-electron chi connectivity index (χ0n) is 33.5. The van der Waals surface area contributed by atoms with Crippen LogP contribution in [0.15, 0.2) is 166 Å². The lowest BCUT2D eigenvalue weighted by atomic mass is 10.1. The predicted molar refractivity (Wildman–Crippen MR) is 264 cm³/mol. The highest BCUT2D eigenvalue weighted by Crippen LogP contribution is 2.65. The molecule has 13 heteroatoms. The van der Waals surface area contributed by atoms with E-state index < -0.39 is 0 Å². The molecule has 14 heterocycles. The van der Waals surface area contributed by atoms with Crippen LogP contribution in [-0.2, 0) is 26.2 Å². The Morgan fingerprint density at radius 3 is 1.13 bits per heavy atom. The molecule has 0 saturated heterocycles. The third-order valence-corrected chi connectivity index (χ3v) is 21.2. The summed E-state index contributed by atoms with van der Waals surface area (Å²) in [4.78, 5) is 0. The van der Waals surface area contributed by atoms with Crippen LogP contribution in [0.3, 0.4) is 0 Å². The van der Waals surface area contributed by atoms with Crippen molar-refractivity contribution < 1.29 is 23.0 Å². The van der Waals surface area contributed by atoms with Gasteiger partial charge in [0, 0.05) is 76.5 Å². The molecule has 0 spiro atoms. The molecule has 0 amide bonds. The van der Waals surface area contributed by atoms with Crippen LogP contribution in [0.25, 0.3) is 22.3 Å². The minimum atomic E-state index is 0.637. The van der Waals surface area contributed by atoms with Crippen LogP contribution in [0.4, 0.5) is 0 Å². The fourth-order valence-electron chi connectivity index (χ4n) is 7.08. The van der Waals surface area contributed by atoms with Crippen molar-refractivity contribution in [3.05, 3.63) is 188 Å². The van der Waals surface area contributed by atoms with Gasteiger partial charge in [-0.3, -0.25) is 0 Å². The van der Waals surface area contributed by atoms with Crippen molar-refractivity contribution in [2.75, 3.05) is 31.1 Å². The molecule has 0 fully saturated rings. The Balaban J connectivity index is 0.937. The number of nitrogens with zero attached hydrogens (tertiary/aromatic N) is 4. The first-order valence-corrected chi connectivity index (χ1v) is 27.4. The van der Waals surface area contributed by atoms with Gasteiger partial charge in [0.15, 0.2) is 75.8 Å². The van der Waals surface area contributed by atoms with Crippen LogP contribution in [-0.4, -0.2) is 31.1 Å². The van der Waals surface area contributed by atoms with Gasteiger partial charge >= 0.3 is 0 Å². The molecule has 0 N–H and O–H groups in total. The van der Waals surface area contributed by atoms with Gasteiger partial charge in [0.1, 0.15) is 5.75 Å². The lowest BCUT2D eigenvalue weighted by Gasteiger charge is -2.10. The monoisotopic (exact) mass is 936 g/mol. The van der Waals surface area contributed by atoms with Gasteiger partial charge in [-0.05, 0) is 59.2 Å². The first kappa shape index (κ1) is 42.2. The van der Waals surface area contributed by atoms with Crippen molar-refractivity contribution in [1.82, 2.24) is 0 Å². The maximum Gasteiger partial charge on any atom is 0.173 e. The summed E-state index contributed by atoms with van der Waals surface area (Å²) >= 11 is 15.2. The van der Waals surface area contributed by atoms with Gasteiger partial charge in [-0.1, -0.05) is 71.3 Å². The summed E-state index contributed by atoms with van der Waals surface area (Å²) in [5, 5.41) is 0. The fraction of sp³-hybridized carbons (Fsp3) is 0.191. The van der Waals surface area contributed by atoms with Gasteiger partial charge in [-0.25, -0.2) is 18.3 Å². The van der Waals surface area contributed by atoms with Gasteiger partial charge in [-0.2, -0.15) is 0 Å². The molecule has 4 aromatic heterocycles. The van der Waals surface area contributed by atoms with Gasteiger partial charge in [0.05, 0.1) is 32.0 Å². The molecule has 6 aromatic rings. The van der Waals surface area contributed by atoms with E-state index >= 15 is 0 Å². The number of ether oxygens (including phenoxy) is 1. The second-order valence-corrected chi connectivity index (χ2v) is 23.5. The predicted octanol–water partition coefficient (Wildman–Crippen LogP) is 11.2. The maximum absolute atomic E-state index is 6.57. The minimum absolute atomic E-state index is 0.637. The zero-order valence-corrected chi connectivity index (χ0v) is 40.0. The maximum atomic E-state index is 6.57. The Labute approximate surface area is 387 Å². The first-order valence-electron chi connectivity index (χ1n) is 19.5. The van der Waals surface area contributed by atoms with Crippen LogP contribution >= 0.6 is 94.1 Å². The van der Waals surface area contributed by atoms with Gasteiger partial charge in [0.2, 0.25) is 0 Å². The number of thioether (sulfide) groups is 8. The minimum Gasteiger partial charge on any atom is -0.493 e. The molecule has 10 aliphatic rings. The molecule has 12 bridgehead atoms. The smallest absolute Gasteiger partial charge is 0.173 e. The van der Waals surface area contributed by atoms with E-state index in [-0.39, 0.29) is 0 Å². The molecule has 0 saturated carbocycles. The number of benzene rings is 2. The zero-order chi connectivity index (χ0) is 40.8. The lowest BCUT2D eigenvalue weighted by Crippen LogP contribution is -2.34. The fourth-order valence-corrected chi connectivity index (χ4v) is 17.7. The Morgan fingerprint density at radius 1 is 0.433 bits per heavy atom. The van der Waals surface area contributed by atoms with E-state index in [1.165, 1.54) is 69.9 Å². The second kappa shape index (κ2) is 19.9. The molecule has 302 valence electrons. The molecular formula is C47H44N4OS8+4. The topological polar surface area (TPSA) is 24.7 Å². The molecule has 2 aromatic carbocycles. The standard InChI is InChI=1S/C47H44N4OS8/c1-53-42-43(54-2)58-46(57-42)47-59-44(55-3)45(60-47)56-25-24-52-41-27-35-26-36(28-41)32-51-22-14-40(15-23-51)38-10-18-49(19-11-38)30-34-5-4-33(6-7-34)29-48-16-8-37(9-17-48)39-12-20-50(31-35)21-13-39/h4-23,26-28H,24-25,29-32H2,1-3H3/q+4. The highest BCUT2D eigenvalue weighted by Gasteiger charge is 2.30. The Kier molecular flexibility index (Phi) is 14.0. The lowest BCUT2D eigenvalue weighted by molar-refractivity contribution is -0.689. The van der Waals surface area contributed by atoms with Crippen LogP contribution in [0.5, 0.6) is 5.75 Å². The number of aromatic nitrogens is 4. The molecule has 5 nitrogen and oxygen atoms in total. The third kappa shape index (κ3) is 10.4. The van der Waals surface area contributed by atoms with E-state index in [1.54, 1.807) is 0 Å². The largest absolute Gasteiger partial charge is 0.493 e. The number of hydrogen-bond acceptors (Lipinski definition) is 9. The van der Waals surface area contributed by atoms with Gasteiger partial charge in [-0.15, -0.1) is 47.0 Å². The van der Waals surface area contributed by atoms with Crippen LogP contribution in [0, 0.1) is 0 Å². The van der Waals surface area contributed by atoms with E-state index in [2.05, 4.69) is 178 Å². The van der Waals surface area contributed by atoms with Crippen molar-refractivity contribution in [2.45, 2.75) is 26.2 Å². The first-order chi connectivity index (χ1) is 29.5. The molecule has 0 unspecified atom stereocenters. The van der Waals surface area contributed by atoms with Crippen molar-refractivity contribution in [1.29, 1.82) is 0 Å². The molecule has 16 rings (SSSR count). The summed E-state index contributed by atoms with van der Waals surface area (Å²) in [6.45, 7) is 3.81. The van der Waals surface area contributed by atoms with E-state index in [0.29, 0.717) is 6.61 Å². The van der Waals surface area contributed by atoms with Crippen LogP contribution < -0.4 is 23.0 Å². The van der Waals surface area contributed by atoms with Crippen molar-refractivity contribution in [3.8, 4) is 28.0 Å². The Hall–Kier alpha value is -3.14. The highest BCUT2D eigenvalue weighted by molar-refractivity contribution is 8.45. The number of rotatable bonds is 8. The molecule has 0 radical (unpaired) electrons. The van der Waals surface area contributed by atoms with E-state index in [0.717, 1.165) is 37.7 Å². The third-order valence-electron chi connectivity index (χ3n) is 10.1. The Bertz CT molecular complexity index is 2430. The molecule has 10 aliphatic heterocycles. The molecule has 0 atom stereocenters. The molecule has 0 aliphatic carbocycles. The van der Waals surface area contributed by atoms with E-state index in [4.69, 9.17) is 4.74 Å². The Morgan fingerprint density at radius 2 is 0.767 bits per heavy atom. The van der Waals surface area contributed by atoms with Gasteiger partial charge in [0.25, 0.3) is 0 Å². The molecule has 60 heavy (non-hydrogen) atoms. The van der Waals surface area contributed by atoms with Crippen LogP contribution in [0.1, 0.15) is 22.3 Å². The summed E-state index contributed by atoms with van der Waals surface area (Å²) in [7, 11) is 0. The number of pyridine rings is 4. The van der Waals surface area contributed by atoms with Crippen molar-refractivity contribution in [2.24, 2.45) is 0 Å². The number of hydrogen-bond donors (Lipinski definition) is 0. The quantitative estimate of drug-likeness (QED) is 0.109. The summed E-state index contributed by atoms with van der Waals surface area (Å²) < 4.78 is 24.0. The van der Waals surface area contributed by atoms with Gasteiger partial charge < -0.3 is 4.74 Å². The number of fused-ring (bicyclic) bond motifs is 1. The second-order valence-electron chi connectivity index (χ2n) is 14.3. The van der Waals surface area contributed by atoms with Crippen LogP contribution in [0.2, 0.25) is 0 Å². The summed E-state index contributed by atoms with van der Waals surface area (Å²) in [5.41, 5.74) is 9.83. The summed E-state index contributed by atoms with van der Waals surface area (Å²) in [6.07, 6.45) is 24.0. The van der Waals surface area contributed by atoms with Crippen molar-refractivity contribution in [3.63, 3.8) is 0 Å². The normalized spacial score (nSPS) is 15.2. The van der Waals surface area contributed by atoms with E-state index in [9.17, 15) is 0 Å². The average Bonchev–Trinajstić information content (AvgIpc) is 3.91. The molecular weight excluding hydrogens is 893 g/mol. The SMILES string of the molecule is CSC1=C(SC)SC(=C2SC(SC)=C(SCCOc3cc4cc(c3)C[n+]3ccc(cc3)-c3cc[n+](cc3)Cc3ccc(cc3)C[n+]3ccc(cc3)-c3cc[n+](cc3)C4)S2)S1. The summed E-state index contributed by atoms with van der Waals surface area (Å²) in [5.74, 6) is 1.80. The average molecular weight is 937 g/mol. The van der Waals surface area contributed by atoms with Crippen molar-refractivity contribution >= 4 is 94.1 Å². The van der Waals surface area contributed by atoms with E-state index in [1.807, 2.05) is 94.1 Å².